The van der Waals surface area contributed by atoms with Crippen LogP contribution in [0.4, 0.5) is 0 Å². The number of fused-ring (bicyclic) bond motifs is 2. The van der Waals surface area contributed by atoms with Gasteiger partial charge in [0.2, 0.25) is 17.7 Å². The number of phenolic OH excluding ortho intramolecular Hbond substituents is 1. The van der Waals surface area contributed by atoms with Gasteiger partial charge in [0.25, 0.3) is 0 Å². The molecule has 0 aromatic heterocycles. The van der Waals surface area contributed by atoms with Crippen LogP contribution in [-0.2, 0) is 19.2 Å². The van der Waals surface area contributed by atoms with Gasteiger partial charge in [-0.05, 0) is 43.5 Å². The molecule has 0 saturated heterocycles. The Hall–Kier alpha value is -3.38. The fourth-order valence-corrected chi connectivity index (χ4v) is 3.90. The van der Waals surface area contributed by atoms with E-state index in [2.05, 4.69) is 21.3 Å². The van der Waals surface area contributed by atoms with Gasteiger partial charge < -0.3 is 41.3 Å². The Bertz CT molecular complexity index is 1010. The number of benzene rings is 1. The lowest BCUT2D eigenvalue weighted by molar-refractivity contribution is -0.141. The number of likely N-dealkylation sites (N-methyl/N-ethyl adjacent to an activating group) is 1. The zero-order chi connectivity index (χ0) is 27.4. The van der Waals surface area contributed by atoms with Gasteiger partial charge in [-0.1, -0.05) is 33.8 Å². The number of amides is 3. The molecule has 0 saturated carbocycles. The quantitative estimate of drug-likeness (QED) is 0.282. The van der Waals surface area contributed by atoms with Crippen LogP contribution in [0, 0.1) is 5.41 Å². The summed E-state index contributed by atoms with van der Waals surface area (Å²) in [6, 6.07) is 0.345. The maximum absolute atomic E-state index is 13.5. The van der Waals surface area contributed by atoms with E-state index in [1.807, 2.05) is 0 Å². The molecule has 1 aromatic rings. The second-order valence-corrected chi connectivity index (χ2v) is 10.1. The van der Waals surface area contributed by atoms with Crippen molar-refractivity contribution < 1.29 is 39.2 Å². The van der Waals surface area contributed by atoms with E-state index in [-0.39, 0.29) is 23.5 Å². The molecular formula is C24H36N4O8. The molecule has 1 heterocycles. The molecule has 12 nitrogen and oxygen atoms in total. The van der Waals surface area contributed by atoms with Gasteiger partial charge >= 0.3 is 5.97 Å². The highest BCUT2D eigenvalue weighted by molar-refractivity contribution is 5.95. The minimum Gasteiger partial charge on any atom is -0.504 e. The zero-order valence-electron chi connectivity index (χ0n) is 21.3. The lowest BCUT2D eigenvalue weighted by Gasteiger charge is -2.39. The molecule has 3 amide bonds. The maximum atomic E-state index is 13.5. The van der Waals surface area contributed by atoms with Gasteiger partial charge in [0.05, 0.1) is 0 Å². The van der Waals surface area contributed by atoms with E-state index in [4.69, 9.17) is 9.84 Å². The van der Waals surface area contributed by atoms with Crippen molar-refractivity contribution in [3.63, 3.8) is 0 Å². The molecule has 1 aromatic carbocycles. The van der Waals surface area contributed by atoms with Gasteiger partial charge in [-0.2, -0.15) is 0 Å². The third-order valence-electron chi connectivity index (χ3n) is 6.27. The van der Waals surface area contributed by atoms with Crippen molar-refractivity contribution in [2.24, 2.45) is 5.41 Å². The third kappa shape index (κ3) is 6.43. The minimum atomic E-state index is -1.47. The third-order valence-corrected chi connectivity index (χ3v) is 6.27. The number of aliphatic hydroxyl groups excluding tert-OH is 1. The summed E-state index contributed by atoms with van der Waals surface area (Å²) < 4.78 is 6.08. The van der Waals surface area contributed by atoms with Crippen LogP contribution in [0.1, 0.15) is 52.7 Å². The number of aliphatic carboxylic acids is 1. The molecule has 2 rings (SSSR count). The predicted octanol–water partition coefficient (Wildman–Crippen LogP) is -0.209. The Kier molecular flexibility index (Phi) is 8.92. The van der Waals surface area contributed by atoms with Gasteiger partial charge in [0.15, 0.2) is 11.5 Å². The summed E-state index contributed by atoms with van der Waals surface area (Å²) in [5.41, 5.74) is -2.04. The van der Waals surface area contributed by atoms with Crippen LogP contribution in [0.25, 0.3) is 0 Å². The van der Waals surface area contributed by atoms with E-state index in [0.29, 0.717) is 0 Å². The van der Waals surface area contributed by atoms with Crippen LogP contribution in [0.3, 0.4) is 0 Å². The van der Waals surface area contributed by atoms with Crippen molar-refractivity contribution >= 4 is 23.7 Å². The zero-order valence-corrected chi connectivity index (χ0v) is 21.3. The van der Waals surface area contributed by atoms with Gasteiger partial charge in [0.1, 0.15) is 36.4 Å². The average molecular weight is 509 g/mol. The fourth-order valence-electron chi connectivity index (χ4n) is 3.90. The summed E-state index contributed by atoms with van der Waals surface area (Å²) >= 11 is 0. The Balaban J connectivity index is 2.71. The molecule has 200 valence electrons. The molecule has 7 N–H and O–H groups in total. The molecule has 5 atom stereocenters. The molecule has 1 aliphatic heterocycles. The second-order valence-electron chi connectivity index (χ2n) is 10.1. The molecule has 2 bridgehead atoms. The summed E-state index contributed by atoms with van der Waals surface area (Å²) in [7, 11) is 1.48. The molecule has 12 heteroatoms. The van der Waals surface area contributed by atoms with E-state index in [1.54, 1.807) is 27.7 Å². The number of carboxylic acid groups (broad SMARTS) is 1. The molecule has 0 aliphatic carbocycles. The second kappa shape index (κ2) is 11.1. The van der Waals surface area contributed by atoms with Gasteiger partial charge in [-0.25, -0.2) is 0 Å². The SMILES string of the molecule is CC[C@@]1(C)Oc2cc(ccc2O)[C@@H](O)[C@H](NC)C(=O)N[C@@H](C(C)(C)C)C(=O)N[C@@H]1C(=O)NCC(=O)O. The summed E-state index contributed by atoms with van der Waals surface area (Å²) in [6.07, 6.45) is -1.22. The monoisotopic (exact) mass is 508 g/mol. The van der Waals surface area contributed by atoms with E-state index < -0.39 is 65.5 Å². The van der Waals surface area contributed by atoms with Crippen LogP contribution in [0.5, 0.6) is 11.5 Å². The first kappa shape index (κ1) is 28.9. The Morgan fingerprint density at radius 3 is 2.33 bits per heavy atom. The molecule has 36 heavy (non-hydrogen) atoms. The molecular weight excluding hydrogens is 472 g/mol. The van der Waals surface area contributed by atoms with Crippen molar-refractivity contribution in [3.8, 4) is 11.5 Å². The normalized spacial score (nSPS) is 27.3. The highest BCUT2D eigenvalue weighted by Gasteiger charge is 2.45. The number of aromatic hydroxyl groups is 1. The fraction of sp³-hybridized carbons (Fsp3) is 0.583. The molecule has 1 aliphatic rings. The lowest BCUT2D eigenvalue weighted by atomic mass is 9.84. The Labute approximate surface area is 209 Å². The van der Waals surface area contributed by atoms with Crippen LogP contribution in [-0.4, -0.2) is 76.3 Å². The number of nitrogens with one attached hydrogen (secondary N) is 4. The first-order valence-corrected chi connectivity index (χ1v) is 11.6. The highest BCUT2D eigenvalue weighted by atomic mass is 16.5. The number of phenols is 1. The summed E-state index contributed by atoms with van der Waals surface area (Å²) in [4.78, 5) is 50.8. The van der Waals surface area contributed by atoms with Crippen LogP contribution in [0.2, 0.25) is 0 Å². The van der Waals surface area contributed by atoms with Crippen molar-refractivity contribution in [1.82, 2.24) is 21.3 Å². The largest absolute Gasteiger partial charge is 0.504 e. The Morgan fingerprint density at radius 2 is 1.81 bits per heavy atom. The number of carboxylic acids is 1. The number of rotatable bonds is 5. The lowest BCUT2D eigenvalue weighted by Crippen LogP contribution is -2.65. The summed E-state index contributed by atoms with van der Waals surface area (Å²) in [5.74, 6) is -3.88. The molecule has 0 fully saturated rings. The number of carbonyl (C=O) groups excluding carboxylic acids is 3. The first-order valence-electron chi connectivity index (χ1n) is 11.6. The first-order chi connectivity index (χ1) is 16.6. The number of ether oxygens (including phenoxy) is 1. The number of hydrogen-bond acceptors (Lipinski definition) is 8. The van der Waals surface area contributed by atoms with Gasteiger partial charge in [-0.3, -0.25) is 19.2 Å². The van der Waals surface area contributed by atoms with Crippen molar-refractivity contribution in [2.45, 2.75) is 70.9 Å². The van der Waals surface area contributed by atoms with Crippen molar-refractivity contribution in [3.05, 3.63) is 23.8 Å². The summed E-state index contributed by atoms with van der Waals surface area (Å²) in [5, 5.41) is 40.7. The van der Waals surface area contributed by atoms with Crippen LogP contribution >= 0.6 is 0 Å². The maximum Gasteiger partial charge on any atom is 0.322 e. The Morgan fingerprint density at radius 1 is 1.17 bits per heavy atom. The molecule has 0 spiro atoms. The number of carbonyl (C=O) groups is 4. The van der Waals surface area contributed by atoms with Gasteiger partial charge in [0, 0.05) is 0 Å². The van der Waals surface area contributed by atoms with E-state index in [9.17, 15) is 29.4 Å². The van der Waals surface area contributed by atoms with Crippen LogP contribution < -0.4 is 26.0 Å². The minimum absolute atomic E-state index is 0.0944. The summed E-state index contributed by atoms with van der Waals surface area (Å²) in [6.45, 7) is 7.68. The highest BCUT2D eigenvalue weighted by Crippen LogP contribution is 2.35. The van der Waals surface area contributed by atoms with E-state index >= 15 is 0 Å². The van der Waals surface area contributed by atoms with Crippen LogP contribution in [0.15, 0.2) is 18.2 Å². The van der Waals surface area contributed by atoms with Crippen molar-refractivity contribution in [2.75, 3.05) is 13.6 Å². The predicted molar refractivity (Wildman–Crippen MR) is 129 cm³/mol. The number of aliphatic hydroxyl groups is 1. The molecule has 0 radical (unpaired) electrons. The van der Waals surface area contributed by atoms with Crippen molar-refractivity contribution in [1.29, 1.82) is 0 Å². The average Bonchev–Trinajstić information content (AvgIpc) is 2.79. The molecule has 0 unspecified atom stereocenters. The van der Waals surface area contributed by atoms with Gasteiger partial charge in [-0.15, -0.1) is 0 Å². The smallest absolute Gasteiger partial charge is 0.322 e. The van der Waals surface area contributed by atoms with E-state index in [0.717, 1.165) is 0 Å². The number of hydrogen-bond donors (Lipinski definition) is 7. The topological polar surface area (TPSA) is 186 Å². The van der Waals surface area contributed by atoms with E-state index in [1.165, 1.54) is 32.2 Å². The standard InChI is InChI=1S/C24H36N4O8/c1-7-24(5)19(21(34)26-11-15(30)31)28-22(35)18(23(2,3)4)27-20(33)16(25-6)17(32)12-8-9-13(29)14(10-12)36-24/h8-10,16-19,25,29,32H,7,11H2,1-6H3,(H,26,34)(H,27,33)(H,28,35)(H,30,31)/t16-,17+,18+,19+,24+/m0/s1.